The Morgan fingerprint density at radius 3 is 2.42 bits per heavy atom. The molecule has 0 saturated heterocycles. The highest BCUT2D eigenvalue weighted by atomic mass is 79.9. The minimum absolute atomic E-state index is 0. The molecule has 0 bridgehead atoms. The first-order valence-corrected chi connectivity index (χ1v) is 3.86. The highest BCUT2D eigenvalue weighted by Gasteiger charge is 2.01. The van der Waals surface area contributed by atoms with E-state index in [1.165, 1.54) is 0 Å². The Hall–Kier alpha value is 0.170. The van der Waals surface area contributed by atoms with Gasteiger partial charge in [-0.1, -0.05) is 0 Å². The van der Waals surface area contributed by atoms with Crippen molar-refractivity contribution in [2.75, 3.05) is 0 Å². The van der Waals surface area contributed by atoms with Gasteiger partial charge in [0.15, 0.2) is 0 Å². The number of nitrogens with two attached hydrogens (primary N) is 1. The quantitative estimate of drug-likeness (QED) is 0.855. The van der Waals surface area contributed by atoms with Crippen LogP contribution in [0.5, 0.6) is 0 Å². The summed E-state index contributed by atoms with van der Waals surface area (Å²) in [7, 11) is 0. The summed E-state index contributed by atoms with van der Waals surface area (Å²) in [4.78, 5) is 3.92. The first-order chi connectivity index (χ1) is 4.72. The van der Waals surface area contributed by atoms with E-state index in [0.29, 0.717) is 0 Å². The van der Waals surface area contributed by atoms with Gasteiger partial charge < -0.3 is 5.73 Å². The van der Waals surface area contributed by atoms with Gasteiger partial charge in [0.1, 0.15) is 0 Å². The van der Waals surface area contributed by atoms with Crippen LogP contribution in [0.3, 0.4) is 0 Å². The molecule has 0 spiro atoms. The number of hydrogen-bond donors (Lipinski definition) is 1. The Morgan fingerprint density at radius 1 is 1.50 bits per heavy atom. The van der Waals surface area contributed by atoms with Gasteiger partial charge >= 0.3 is 0 Å². The van der Waals surface area contributed by atoms with Crippen molar-refractivity contribution in [3.8, 4) is 0 Å². The van der Waals surface area contributed by atoms with Gasteiger partial charge in [-0.2, -0.15) is 0 Å². The van der Waals surface area contributed by atoms with E-state index in [1.807, 2.05) is 13.0 Å². The largest absolute Gasteiger partial charge is 0.324 e. The second kappa shape index (κ2) is 6.66. The van der Waals surface area contributed by atoms with Crippen molar-refractivity contribution in [1.29, 1.82) is 0 Å². The maximum absolute atomic E-state index is 5.66. The van der Waals surface area contributed by atoms with Gasteiger partial charge in [-0.15, -0.1) is 24.8 Å². The third-order valence-electron chi connectivity index (χ3n) is 1.29. The summed E-state index contributed by atoms with van der Waals surface area (Å²) in [6.07, 6.45) is 3.49. The number of hydrogen-bond acceptors (Lipinski definition) is 2. The van der Waals surface area contributed by atoms with Crippen LogP contribution in [0.15, 0.2) is 22.9 Å². The highest BCUT2D eigenvalue weighted by Crippen LogP contribution is 2.19. The molecular weight excluding hydrogens is 263 g/mol. The van der Waals surface area contributed by atoms with Crippen LogP contribution in [0, 0.1) is 0 Å². The topological polar surface area (TPSA) is 38.9 Å². The maximum Gasteiger partial charge on any atom is 0.0413 e. The Morgan fingerprint density at radius 2 is 2.08 bits per heavy atom. The molecule has 0 saturated carbocycles. The lowest BCUT2D eigenvalue weighted by Gasteiger charge is -2.05. The van der Waals surface area contributed by atoms with Gasteiger partial charge in [-0.3, -0.25) is 4.98 Å². The molecule has 5 heteroatoms. The molecule has 12 heavy (non-hydrogen) atoms. The van der Waals surface area contributed by atoms with Gasteiger partial charge in [-0.25, -0.2) is 0 Å². The molecule has 0 radical (unpaired) electrons. The fraction of sp³-hybridized carbons (Fsp3) is 0.286. The second-order valence-corrected chi connectivity index (χ2v) is 3.04. The van der Waals surface area contributed by atoms with Crippen LogP contribution in [-0.2, 0) is 0 Å². The summed E-state index contributed by atoms with van der Waals surface area (Å²) in [5.41, 5.74) is 6.75. The first kappa shape index (κ1) is 14.7. The second-order valence-electron chi connectivity index (χ2n) is 2.19. The summed E-state index contributed by atoms with van der Waals surface area (Å²) in [6.45, 7) is 1.94. The third-order valence-corrected chi connectivity index (χ3v) is 1.96. The average Bonchev–Trinajstić information content (AvgIpc) is 1.88. The van der Waals surface area contributed by atoms with E-state index in [0.717, 1.165) is 10.0 Å². The highest BCUT2D eigenvalue weighted by molar-refractivity contribution is 9.10. The zero-order chi connectivity index (χ0) is 7.56. The molecule has 1 unspecified atom stereocenters. The minimum atomic E-state index is 0. The summed E-state index contributed by atoms with van der Waals surface area (Å²) >= 11 is 3.35. The van der Waals surface area contributed by atoms with Crippen LogP contribution in [0.1, 0.15) is 18.5 Å². The smallest absolute Gasteiger partial charge is 0.0413 e. The van der Waals surface area contributed by atoms with Crippen LogP contribution in [-0.4, -0.2) is 4.98 Å². The SMILES string of the molecule is CC(N)c1ccncc1Br.Cl.Cl. The molecule has 1 heterocycles. The lowest BCUT2D eigenvalue weighted by Crippen LogP contribution is -2.05. The maximum atomic E-state index is 5.66. The van der Waals surface area contributed by atoms with E-state index >= 15 is 0 Å². The Balaban J connectivity index is 0. The first-order valence-electron chi connectivity index (χ1n) is 3.07. The van der Waals surface area contributed by atoms with Crippen molar-refractivity contribution in [1.82, 2.24) is 4.98 Å². The van der Waals surface area contributed by atoms with Crippen molar-refractivity contribution < 1.29 is 0 Å². The van der Waals surface area contributed by atoms with E-state index in [-0.39, 0.29) is 30.9 Å². The molecule has 0 aromatic carbocycles. The van der Waals surface area contributed by atoms with E-state index in [2.05, 4.69) is 20.9 Å². The number of nitrogens with zero attached hydrogens (tertiary/aromatic N) is 1. The Labute approximate surface area is 92.9 Å². The normalized spacial score (nSPS) is 10.9. The number of rotatable bonds is 1. The molecule has 0 aliphatic heterocycles. The van der Waals surface area contributed by atoms with E-state index in [1.54, 1.807) is 12.4 Å². The van der Waals surface area contributed by atoms with Crippen LogP contribution < -0.4 is 5.73 Å². The van der Waals surface area contributed by atoms with Crippen molar-refractivity contribution in [3.63, 3.8) is 0 Å². The van der Waals surface area contributed by atoms with E-state index in [9.17, 15) is 0 Å². The van der Waals surface area contributed by atoms with Gasteiger partial charge in [0, 0.05) is 22.9 Å². The van der Waals surface area contributed by atoms with E-state index in [4.69, 9.17) is 5.73 Å². The molecule has 0 aliphatic rings. The summed E-state index contributed by atoms with van der Waals surface area (Å²) < 4.78 is 0.977. The predicted molar refractivity (Wildman–Crippen MR) is 59.0 cm³/mol. The molecule has 0 fully saturated rings. The lowest BCUT2D eigenvalue weighted by molar-refractivity contribution is 0.810. The van der Waals surface area contributed by atoms with Gasteiger partial charge in [0.25, 0.3) is 0 Å². The molecule has 1 atom stereocenters. The van der Waals surface area contributed by atoms with Gasteiger partial charge in [0.05, 0.1) is 0 Å². The average molecular weight is 274 g/mol. The lowest BCUT2D eigenvalue weighted by atomic mass is 10.1. The predicted octanol–water partition coefficient (Wildman–Crippen LogP) is 2.71. The van der Waals surface area contributed by atoms with E-state index < -0.39 is 0 Å². The molecule has 1 rings (SSSR count). The molecule has 0 aliphatic carbocycles. The number of aromatic nitrogens is 1. The summed E-state index contributed by atoms with van der Waals surface area (Å²) in [6, 6.07) is 1.98. The van der Waals surface area contributed by atoms with Crippen molar-refractivity contribution >= 4 is 40.7 Å². The van der Waals surface area contributed by atoms with Gasteiger partial charge in [-0.05, 0) is 34.5 Å². The zero-order valence-electron chi connectivity index (χ0n) is 6.53. The summed E-state index contributed by atoms with van der Waals surface area (Å²) in [5.74, 6) is 0. The molecule has 1 aromatic rings. The van der Waals surface area contributed by atoms with Crippen LogP contribution in [0.4, 0.5) is 0 Å². The molecule has 1 aromatic heterocycles. The monoisotopic (exact) mass is 272 g/mol. The molecule has 70 valence electrons. The standard InChI is InChI=1S/C7H9BrN2.2ClH/c1-5(9)6-2-3-10-4-7(6)8;;/h2-5H,9H2,1H3;2*1H. The number of pyridine rings is 1. The molecule has 2 nitrogen and oxygen atoms in total. The molecule has 0 amide bonds. The van der Waals surface area contributed by atoms with Crippen molar-refractivity contribution in [2.24, 2.45) is 5.73 Å². The minimum Gasteiger partial charge on any atom is -0.324 e. The molecular formula is C7H11BrCl2N2. The zero-order valence-corrected chi connectivity index (χ0v) is 9.75. The van der Waals surface area contributed by atoms with Crippen molar-refractivity contribution in [2.45, 2.75) is 13.0 Å². The van der Waals surface area contributed by atoms with Crippen LogP contribution in [0.25, 0.3) is 0 Å². The summed E-state index contributed by atoms with van der Waals surface area (Å²) in [5, 5.41) is 0. The Kier molecular flexibility index (Phi) is 8.15. The third kappa shape index (κ3) is 3.72. The number of halogens is 3. The van der Waals surface area contributed by atoms with Crippen LogP contribution in [0.2, 0.25) is 0 Å². The van der Waals surface area contributed by atoms with Crippen LogP contribution >= 0.6 is 40.7 Å². The Bertz CT molecular complexity index is 230. The fourth-order valence-electron chi connectivity index (χ4n) is 0.755. The van der Waals surface area contributed by atoms with Crippen molar-refractivity contribution in [3.05, 3.63) is 28.5 Å². The van der Waals surface area contributed by atoms with Gasteiger partial charge in [0.2, 0.25) is 0 Å². The molecule has 2 N–H and O–H groups in total. The fourth-order valence-corrected chi connectivity index (χ4v) is 1.37.